The highest BCUT2D eigenvalue weighted by atomic mass is 127. The van der Waals surface area contributed by atoms with E-state index in [4.69, 9.17) is 4.74 Å². The Hall–Kier alpha value is -1.80. The monoisotopic (exact) mass is 455 g/mol. The summed E-state index contributed by atoms with van der Waals surface area (Å²) in [6.45, 7) is 4.45. The van der Waals surface area contributed by atoms with E-state index in [1.807, 2.05) is 12.1 Å². The summed E-state index contributed by atoms with van der Waals surface area (Å²) in [5.74, 6) is 0.813. The minimum absolute atomic E-state index is 0.237. The summed E-state index contributed by atoms with van der Waals surface area (Å²) in [7, 11) is 1.22. The molecule has 0 aliphatic rings. The number of hydroxylamine groups is 1. The van der Waals surface area contributed by atoms with Crippen molar-refractivity contribution < 1.29 is 19.5 Å². The number of carbonyl (C=O) groups is 1. The SMILES string of the molecule is CCc1ccc(OCc2c(I)cccc2N(O)C(=O)OC)c(CC)c1. The van der Waals surface area contributed by atoms with Gasteiger partial charge in [-0.2, -0.15) is 5.06 Å². The summed E-state index contributed by atoms with van der Waals surface area (Å²) < 4.78 is 11.5. The third kappa shape index (κ3) is 4.64. The van der Waals surface area contributed by atoms with E-state index in [1.54, 1.807) is 12.1 Å². The van der Waals surface area contributed by atoms with Gasteiger partial charge in [0.1, 0.15) is 12.4 Å². The second-order valence-corrected chi connectivity index (χ2v) is 6.62. The first kappa shape index (κ1) is 19.5. The first-order chi connectivity index (χ1) is 12.0. The van der Waals surface area contributed by atoms with Gasteiger partial charge in [0.05, 0.1) is 12.8 Å². The van der Waals surface area contributed by atoms with Crippen LogP contribution in [0.25, 0.3) is 0 Å². The Morgan fingerprint density at radius 1 is 1.20 bits per heavy atom. The normalized spacial score (nSPS) is 10.4. The molecule has 0 aliphatic carbocycles. The zero-order valence-electron chi connectivity index (χ0n) is 14.6. The molecule has 0 radical (unpaired) electrons. The van der Waals surface area contributed by atoms with Gasteiger partial charge in [-0.3, -0.25) is 5.21 Å². The number of hydrogen-bond acceptors (Lipinski definition) is 4. The van der Waals surface area contributed by atoms with Crippen LogP contribution in [0, 0.1) is 3.57 Å². The Morgan fingerprint density at radius 2 is 1.96 bits per heavy atom. The number of carbonyl (C=O) groups excluding carboxylic acids is 1. The van der Waals surface area contributed by atoms with Crippen LogP contribution in [0.1, 0.15) is 30.5 Å². The van der Waals surface area contributed by atoms with Crippen LogP contribution in [0.5, 0.6) is 5.75 Å². The lowest BCUT2D eigenvalue weighted by molar-refractivity contribution is 0.140. The highest BCUT2D eigenvalue weighted by molar-refractivity contribution is 14.1. The smallest absolute Gasteiger partial charge is 0.438 e. The van der Waals surface area contributed by atoms with E-state index in [-0.39, 0.29) is 6.61 Å². The molecule has 5 nitrogen and oxygen atoms in total. The lowest BCUT2D eigenvalue weighted by Gasteiger charge is -2.19. The quantitative estimate of drug-likeness (QED) is 0.380. The Labute approximate surface area is 161 Å². The number of hydrogen-bond donors (Lipinski definition) is 1. The van der Waals surface area contributed by atoms with Crippen LogP contribution in [0.3, 0.4) is 0 Å². The largest absolute Gasteiger partial charge is 0.489 e. The number of methoxy groups -OCH3 is 1. The molecule has 6 heteroatoms. The third-order valence-corrected chi connectivity index (χ3v) is 4.97. The summed E-state index contributed by atoms with van der Waals surface area (Å²) in [5.41, 5.74) is 3.48. The number of anilines is 1. The number of ether oxygens (including phenoxy) is 2. The van der Waals surface area contributed by atoms with Gasteiger partial charge in [0.15, 0.2) is 0 Å². The molecule has 1 N–H and O–H groups in total. The maximum atomic E-state index is 11.6. The zero-order chi connectivity index (χ0) is 18.4. The molecule has 0 heterocycles. The highest BCUT2D eigenvalue weighted by Crippen LogP contribution is 2.28. The summed E-state index contributed by atoms with van der Waals surface area (Å²) in [4.78, 5) is 11.6. The molecule has 1 amide bonds. The lowest BCUT2D eigenvalue weighted by atomic mass is 10.1. The van der Waals surface area contributed by atoms with Gasteiger partial charge in [-0.1, -0.05) is 32.0 Å². The second kappa shape index (κ2) is 9.05. The average molecular weight is 455 g/mol. The van der Waals surface area contributed by atoms with Crippen molar-refractivity contribution in [3.05, 3.63) is 56.7 Å². The van der Waals surface area contributed by atoms with Gasteiger partial charge in [-0.05, 0) is 64.8 Å². The van der Waals surface area contributed by atoms with E-state index in [0.29, 0.717) is 10.8 Å². The average Bonchev–Trinajstić information content (AvgIpc) is 2.65. The van der Waals surface area contributed by atoms with Crippen molar-refractivity contribution in [2.45, 2.75) is 33.3 Å². The van der Waals surface area contributed by atoms with E-state index in [2.05, 4.69) is 53.3 Å². The minimum Gasteiger partial charge on any atom is -0.489 e. The molecule has 2 rings (SSSR count). The Bertz CT molecular complexity index is 748. The van der Waals surface area contributed by atoms with Crippen molar-refractivity contribution in [2.24, 2.45) is 0 Å². The molecular weight excluding hydrogens is 433 g/mol. The third-order valence-electron chi connectivity index (χ3n) is 3.96. The first-order valence-corrected chi connectivity index (χ1v) is 9.18. The minimum atomic E-state index is -0.843. The number of aryl methyl sites for hydroxylation is 2. The molecule has 0 spiro atoms. The molecule has 134 valence electrons. The van der Waals surface area contributed by atoms with Crippen LogP contribution in [-0.4, -0.2) is 18.4 Å². The first-order valence-electron chi connectivity index (χ1n) is 8.10. The molecular formula is C19H22INO4. The fourth-order valence-electron chi connectivity index (χ4n) is 2.49. The molecule has 0 aromatic heterocycles. The predicted molar refractivity (Wildman–Crippen MR) is 105 cm³/mol. The van der Waals surface area contributed by atoms with E-state index < -0.39 is 6.09 Å². The van der Waals surface area contributed by atoms with Crippen LogP contribution < -0.4 is 9.80 Å². The zero-order valence-corrected chi connectivity index (χ0v) is 16.7. The molecule has 0 aliphatic heterocycles. The van der Waals surface area contributed by atoms with E-state index in [9.17, 15) is 10.0 Å². The molecule has 2 aromatic rings. The van der Waals surface area contributed by atoms with Crippen molar-refractivity contribution >= 4 is 34.4 Å². The van der Waals surface area contributed by atoms with Gasteiger partial charge in [-0.25, -0.2) is 4.79 Å². The number of amides is 1. The molecule has 0 bridgehead atoms. The van der Waals surface area contributed by atoms with Crippen LogP contribution in [0.15, 0.2) is 36.4 Å². The summed E-state index contributed by atoms with van der Waals surface area (Å²) in [6.07, 6.45) is 1.01. The van der Waals surface area contributed by atoms with E-state index >= 15 is 0 Å². The standard InChI is InChI=1S/C19H22INO4/c1-4-13-9-10-18(14(5-2)11-13)25-12-15-16(20)7-6-8-17(15)21(23)19(22)24-3/h6-11,23H,4-5,12H2,1-3H3. The van der Waals surface area contributed by atoms with Crippen molar-refractivity contribution in [3.63, 3.8) is 0 Å². The second-order valence-electron chi connectivity index (χ2n) is 5.46. The number of halogens is 1. The fourth-order valence-corrected chi connectivity index (χ4v) is 3.13. The van der Waals surface area contributed by atoms with Gasteiger partial charge < -0.3 is 9.47 Å². The number of nitrogens with zero attached hydrogens (tertiary/aromatic N) is 1. The van der Waals surface area contributed by atoms with E-state index in [0.717, 1.165) is 33.3 Å². The molecule has 25 heavy (non-hydrogen) atoms. The van der Waals surface area contributed by atoms with Crippen LogP contribution in [-0.2, 0) is 24.2 Å². The van der Waals surface area contributed by atoms with Crippen molar-refractivity contribution in [1.82, 2.24) is 0 Å². The molecule has 0 saturated carbocycles. The molecule has 0 saturated heterocycles. The van der Waals surface area contributed by atoms with Gasteiger partial charge in [0.2, 0.25) is 0 Å². The summed E-state index contributed by atoms with van der Waals surface area (Å²) in [5, 5.41) is 10.6. The number of benzene rings is 2. The van der Waals surface area contributed by atoms with E-state index in [1.165, 1.54) is 12.7 Å². The van der Waals surface area contributed by atoms with Crippen molar-refractivity contribution in [1.29, 1.82) is 0 Å². The van der Waals surface area contributed by atoms with Crippen LogP contribution >= 0.6 is 22.6 Å². The molecule has 0 atom stereocenters. The molecule has 2 aromatic carbocycles. The fraction of sp³-hybridized carbons (Fsp3) is 0.316. The Morgan fingerprint density at radius 3 is 2.60 bits per heavy atom. The Kier molecular flexibility index (Phi) is 7.07. The summed E-state index contributed by atoms with van der Waals surface area (Å²) >= 11 is 2.16. The maximum absolute atomic E-state index is 11.6. The Balaban J connectivity index is 2.28. The topological polar surface area (TPSA) is 59.0 Å². The van der Waals surface area contributed by atoms with Gasteiger partial charge in [0, 0.05) is 9.13 Å². The summed E-state index contributed by atoms with van der Waals surface area (Å²) in [6, 6.07) is 11.5. The van der Waals surface area contributed by atoms with Crippen molar-refractivity contribution in [2.75, 3.05) is 12.2 Å². The van der Waals surface area contributed by atoms with Crippen LogP contribution in [0.2, 0.25) is 0 Å². The van der Waals surface area contributed by atoms with Gasteiger partial charge >= 0.3 is 6.09 Å². The molecule has 0 fully saturated rings. The highest BCUT2D eigenvalue weighted by Gasteiger charge is 2.19. The number of rotatable bonds is 6. The lowest BCUT2D eigenvalue weighted by Crippen LogP contribution is -2.28. The molecule has 0 unspecified atom stereocenters. The van der Waals surface area contributed by atoms with Crippen LogP contribution in [0.4, 0.5) is 10.5 Å². The van der Waals surface area contributed by atoms with Crippen molar-refractivity contribution in [3.8, 4) is 5.75 Å². The van der Waals surface area contributed by atoms with Gasteiger partial charge in [0.25, 0.3) is 0 Å². The predicted octanol–water partition coefficient (Wildman–Crippen LogP) is 4.96. The van der Waals surface area contributed by atoms with Gasteiger partial charge in [-0.15, -0.1) is 0 Å². The maximum Gasteiger partial charge on any atom is 0.438 e.